The monoisotopic (exact) mass is 451 g/mol. The van der Waals surface area contributed by atoms with E-state index in [2.05, 4.69) is 16.3 Å². The molecule has 9 heteroatoms. The Balaban J connectivity index is 1.66. The van der Waals surface area contributed by atoms with Crippen molar-refractivity contribution in [1.29, 1.82) is 5.26 Å². The Morgan fingerprint density at radius 1 is 1.35 bits per heavy atom. The van der Waals surface area contributed by atoms with Crippen LogP contribution in [-0.2, 0) is 4.74 Å². The number of nitrogens with zero attached hydrogens (tertiary/aromatic N) is 2. The Hall–Kier alpha value is -2.21. The smallest absolute Gasteiger partial charge is 0.255 e. The number of hydrogen-bond acceptors (Lipinski definition) is 7. The van der Waals surface area contributed by atoms with Crippen LogP contribution in [-0.4, -0.2) is 70.5 Å². The summed E-state index contributed by atoms with van der Waals surface area (Å²) >= 11 is 6.34. The Bertz CT molecular complexity index is 813. The number of ether oxygens (including phenoxy) is 4. The molecule has 2 heterocycles. The summed E-state index contributed by atoms with van der Waals surface area (Å²) in [4.78, 5) is 15.3. The van der Waals surface area contributed by atoms with Crippen molar-refractivity contribution in [2.45, 2.75) is 31.8 Å². The molecule has 3 rings (SSSR count). The third kappa shape index (κ3) is 5.73. The number of nitriles is 1. The normalized spacial score (nSPS) is 21.1. The molecular formula is C22H30ClN3O5. The number of carbonyl (C=O) groups excluding carboxylic acids is 1. The van der Waals surface area contributed by atoms with E-state index in [0.717, 1.165) is 32.5 Å². The molecule has 1 fully saturated rings. The van der Waals surface area contributed by atoms with Crippen molar-refractivity contribution in [3.05, 3.63) is 16.7 Å². The standard InChI is InChI=1S/C22H30ClN3O5/c1-28-18-14-26(8-4-3-7-24)9-6-15(18)13-25-22(27)16-12-17(23)20(29-2)21-19(16)30-10-5-11-31-21/h12,15,18H,3-6,8-11,13-14H2,1-2H3,(H,25,27)/t15-,18+/m0/s1. The molecule has 0 aromatic heterocycles. The third-order valence-electron chi connectivity index (χ3n) is 5.75. The van der Waals surface area contributed by atoms with Crippen LogP contribution < -0.4 is 19.5 Å². The van der Waals surface area contributed by atoms with Gasteiger partial charge in [-0.2, -0.15) is 5.26 Å². The van der Waals surface area contributed by atoms with Gasteiger partial charge in [-0.05, 0) is 32.0 Å². The Kier molecular flexibility index (Phi) is 8.64. The van der Waals surface area contributed by atoms with Gasteiger partial charge in [0.05, 0.1) is 43.1 Å². The van der Waals surface area contributed by atoms with E-state index >= 15 is 0 Å². The van der Waals surface area contributed by atoms with Gasteiger partial charge in [0, 0.05) is 39.0 Å². The van der Waals surface area contributed by atoms with Crippen LogP contribution in [0.25, 0.3) is 0 Å². The maximum Gasteiger partial charge on any atom is 0.255 e. The summed E-state index contributed by atoms with van der Waals surface area (Å²) in [5.41, 5.74) is 0.339. The number of halogens is 1. The third-order valence-corrected chi connectivity index (χ3v) is 6.03. The Morgan fingerprint density at radius 3 is 2.84 bits per heavy atom. The molecule has 0 spiro atoms. The first-order valence-corrected chi connectivity index (χ1v) is 11.0. The van der Waals surface area contributed by atoms with Crippen LogP contribution in [0.15, 0.2) is 6.07 Å². The summed E-state index contributed by atoms with van der Waals surface area (Å²) in [6.45, 7) is 4.01. The first-order chi connectivity index (χ1) is 15.1. The number of amides is 1. The summed E-state index contributed by atoms with van der Waals surface area (Å²) in [6, 6.07) is 3.75. The number of hydrogen-bond donors (Lipinski definition) is 1. The second-order valence-corrected chi connectivity index (χ2v) is 8.15. The fourth-order valence-corrected chi connectivity index (χ4v) is 4.34. The molecule has 1 N–H and O–H groups in total. The minimum Gasteiger partial charge on any atom is -0.491 e. The molecule has 0 aliphatic carbocycles. The number of rotatable bonds is 8. The molecule has 0 saturated carbocycles. The molecule has 8 nitrogen and oxygen atoms in total. The highest BCUT2D eigenvalue weighted by atomic mass is 35.5. The van der Waals surface area contributed by atoms with E-state index in [0.29, 0.717) is 60.4 Å². The second kappa shape index (κ2) is 11.4. The zero-order chi connectivity index (χ0) is 22.2. The Morgan fingerprint density at radius 2 is 2.13 bits per heavy atom. The number of benzene rings is 1. The molecule has 0 radical (unpaired) electrons. The number of likely N-dealkylation sites (tertiary alicyclic amines) is 1. The molecule has 2 atom stereocenters. The van der Waals surface area contributed by atoms with Crippen molar-refractivity contribution in [2.75, 3.05) is 53.6 Å². The summed E-state index contributed by atoms with van der Waals surface area (Å²) in [7, 11) is 3.21. The summed E-state index contributed by atoms with van der Waals surface area (Å²) in [6.07, 6.45) is 3.06. The predicted molar refractivity (Wildman–Crippen MR) is 116 cm³/mol. The highest BCUT2D eigenvalue weighted by Crippen LogP contribution is 2.46. The van der Waals surface area contributed by atoms with Gasteiger partial charge in [-0.3, -0.25) is 4.79 Å². The van der Waals surface area contributed by atoms with E-state index in [-0.39, 0.29) is 17.9 Å². The van der Waals surface area contributed by atoms with E-state index < -0.39 is 0 Å². The molecule has 1 aromatic rings. The van der Waals surface area contributed by atoms with Gasteiger partial charge in [-0.1, -0.05) is 11.6 Å². The van der Waals surface area contributed by atoms with Crippen LogP contribution >= 0.6 is 11.6 Å². The molecule has 1 aromatic carbocycles. The second-order valence-electron chi connectivity index (χ2n) is 7.74. The topological polar surface area (TPSA) is 93.1 Å². The van der Waals surface area contributed by atoms with Crippen molar-refractivity contribution >= 4 is 17.5 Å². The van der Waals surface area contributed by atoms with Crippen LogP contribution in [0.2, 0.25) is 5.02 Å². The van der Waals surface area contributed by atoms with Gasteiger partial charge in [0.2, 0.25) is 5.75 Å². The van der Waals surface area contributed by atoms with Crippen molar-refractivity contribution in [3.63, 3.8) is 0 Å². The molecular weight excluding hydrogens is 422 g/mol. The zero-order valence-electron chi connectivity index (χ0n) is 18.1. The lowest BCUT2D eigenvalue weighted by atomic mass is 9.93. The van der Waals surface area contributed by atoms with E-state index in [9.17, 15) is 4.79 Å². The van der Waals surface area contributed by atoms with Crippen LogP contribution in [0.3, 0.4) is 0 Å². The first kappa shape index (κ1) is 23.5. The van der Waals surface area contributed by atoms with Crippen molar-refractivity contribution in [1.82, 2.24) is 10.2 Å². The average molecular weight is 452 g/mol. The van der Waals surface area contributed by atoms with E-state index in [1.54, 1.807) is 13.2 Å². The van der Waals surface area contributed by atoms with Gasteiger partial charge >= 0.3 is 0 Å². The molecule has 1 amide bonds. The van der Waals surface area contributed by atoms with Crippen molar-refractivity contribution in [3.8, 4) is 23.3 Å². The number of piperidine rings is 1. The fraction of sp³-hybridized carbons (Fsp3) is 0.636. The largest absolute Gasteiger partial charge is 0.491 e. The number of unbranched alkanes of at least 4 members (excludes halogenated alkanes) is 1. The molecule has 1 saturated heterocycles. The molecule has 0 bridgehead atoms. The molecule has 2 aliphatic rings. The van der Waals surface area contributed by atoms with Crippen LogP contribution in [0.1, 0.15) is 36.0 Å². The van der Waals surface area contributed by atoms with Gasteiger partial charge < -0.3 is 29.2 Å². The van der Waals surface area contributed by atoms with E-state index in [4.69, 9.17) is 35.8 Å². The maximum atomic E-state index is 13.0. The van der Waals surface area contributed by atoms with Gasteiger partial charge in [0.25, 0.3) is 5.91 Å². The number of fused-ring (bicyclic) bond motifs is 1. The van der Waals surface area contributed by atoms with Gasteiger partial charge in [0.15, 0.2) is 11.5 Å². The highest BCUT2D eigenvalue weighted by Gasteiger charge is 2.31. The highest BCUT2D eigenvalue weighted by molar-refractivity contribution is 6.33. The number of methoxy groups -OCH3 is 2. The lowest BCUT2D eigenvalue weighted by Crippen LogP contribution is -2.48. The SMILES string of the molecule is COc1c(Cl)cc(C(=O)NC[C@@H]2CCN(CCCC#N)C[C@H]2OC)c2c1OCCCO2. The van der Waals surface area contributed by atoms with E-state index in [1.165, 1.54) is 7.11 Å². The van der Waals surface area contributed by atoms with E-state index in [1.807, 2.05) is 0 Å². The molecule has 0 unspecified atom stereocenters. The molecule has 31 heavy (non-hydrogen) atoms. The molecule has 170 valence electrons. The van der Waals surface area contributed by atoms with Gasteiger partial charge in [-0.25, -0.2) is 0 Å². The molecule has 2 aliphatic heterocycles. The van der Waals surface area contributed by atoms with Crippen LogP contribution in [0.4, 0.5) is 0 Å². The number of carbonyl (C=O) groups is 1. The quantitative estimate of drug-likeness (QED) is 0.607. The summed E-state index contributed by atoms with van der Waals surface area (Å²) < 4.78 is 22.6. The Labute approximate surface area is 188 Å². The maximum absolute atomic E-state index is 13.0. The number of nitrogens with one attached hydrogen (secondary N) is 1. The lowest BCUT2D eigenvalue weighted by Gasteiger charge is -2.37. The van der Waals surface area contributed by atoms with Gasteiger partial charge in [-0.15, -0.1) is 0 Å². The fourth-order valence-electron chi connectivity index (χ4n) is 4.07. The zero-order valence-corrected chi connectivity index (χ0v) is 18.9. The first-order valence-electron chi connectivity index (χ1n) is 10.6. The average Bonchev–Trinajstić information content (AvgIpc) is 3.03. The summed E-state index contributed by atoms with van der Waals surface area (Å²) in [5, 5.41) is 12.0. The predicted octanol–water partition coefficient (Wildman–Crippen LogP) is 2.88. The minimum absolute atomic E-state index is 0.0206. The van der Waals surface area contributed by atoms with Crippen molar-refractivity contribution in [2.24, 2.45) is 5.92 Å². The van der Waals surface area contributed by atoms with Crippen molar-refractivity contribution < 1.29 is 23.7 Å². The minimum atomic E-state index is -0.266. The summed E-state index contributed by atoms with van der Waals surface area (Å²) in [5.74, 6) is 1.05. The van der Waals surface area contributed by atoms with Gasteiger partial charge in [0.1, 0.15) is 0 Å². The van der Waals surface area contributed by atoms with Crippen LogP contribution in [0.5, 0.6) is 17.2 Å². The lowest BCUT2D eigenvalue weighted by molar-refractivity contribution is -0.0105. The van der Waals surface area contributed by atoms with Crippen LogP contribution in [0, 0.1) is 17.2 Å².